The van der Waals surface area contributed by atoms with E-state index in [0.717, 1.165) is 22.2 Å². The third-order valence-electron chi connectivity index (χ3n) is 6.95. The molecule has 7 aromatic rings. The van der Waals surface area contributed by atoms with Crippen LogP contribution in [0.3, 0.4) is 0 Å². The van der Waals surface area contributed by atoms with Gasteiger partial charge in [0.1, 0.15) is 18.2 Å². The molecule has 0 fully saturated rings. The van der Waals surface area contributed by atoms with Crippen molar-refractivity contribution in [3.63, 3.8) is 0 Å². The second-order valence-electron chi connectivity index (χ2n) is 8.96. The number of fused-ring (bicyclic) bond motifs is 7. The van der Waals surface area contributed by atoms with Crippen LogP contribution in [-0.2, 0) is 7.05 Å². The first kappa shape index (κ1) is 19.1. The average molecular weight is 440 g/mol. The summed E-state index contributed by atoms with van der Waals surface area (Å²) in [5, 5.41) is 4.72. The summed E-state index contributed by atoms with van der Waals surface area (Å²) in [7, 11) is 2.10. The Kier molecular flexibility index (Phi) is 3.97. The molecular formula is C31H23N2O+. The van der Waals surface area contributed by atoms with Gasteiger partial charge >= 0.3 is 0 Å². The molecule has 4 aromatic carbocycles. The summed E-state index contributed by atoms with van der Waals surface area (Å²) in [5.74, 6) is 0. The summed E-state index contributed by atoms with van der Waals surface area (Å²) in [6.45, 7) is 2.21. The molecule has 3 heteroatoms. The zero-order valence-electron chi connectivity index (χ0n) is 19.1. The molecule has 0 atom stereocenters. The Hall–Kier alpha value is -4.37. The molecule has 0 unspecified atom stereocenters. The second kappa shape index (κ2) is 7.06. The van der Waals surface area contributed by atoms with Gasteiger partial charge in [-0.1, -0.05) is 48.5 Å². The van der Waals surface area contributed by atoms with Gasteiger partial charge < -0.3 is 8.98 Å². The van der Waals surface area contributed by atoms with Crippen LogP contribution < -0.4 is 4.57 Å². The van der Waals surface area contributed by atoms with Crippen molar-refractivity contribution in [2.45, 2.75) is 6.92 Å². The lowest BCUT2D eigenvalue weighted by molar-refractivity contribution is -0.660. The second-order valence-corrected chi connectivity index (χ2v) is 8.96. The van der Waals surface area contributed by atoms with E-state index in [1.54, 1.807) is 0 Å². The van der Waals surface area contributed by atoms with E-state index in [2.05, 4.69) is 120 Å². The molecule has 7 rings (SSSR count). The van der Waals surface area contributed by atoms with Crippen molar-refractivity contribution in [2.75, 3.05) is 0 Å². The summed E-state index contributed by atoms with van der Waals surface area (Å²) in [4.78, 5) is 0. The predicted octanol–water partition coefficient (Wildman–Crippen LogP) is 7.48. The number of para-hydroxylation sites is 3. The van der Waals surface area contributed by atoms with Crippen LogP contribution in [-0.4, -0.2) is 4.57 Å². The predicted molar refractivity (Wildman–Crippen MR) is 139 cm³/mol. The van der Waals surface area contributed by atoms with Gasteiger partial charge in [-0.3, -0.25) is 0 Å². The van der Waals surface area contributed by atoms with E-state index in [1.807, 2.05) is 6.07 Å². The quantitative estimate of drug-likeness (QED) is 0.256. The van der Waals surface area contributed by atoms with Crippen molar-refractivity contribution in [2.24, 2.45) is 7.05 Å². The van der Waals surface area contributed by atoms with Crippen molar-refractivity contribution in [3.05, 3.63) is 109 Å². The summed E-state index contributed by atoms with van der Waals surface area (Å²) in [5.41, 5.74) is 9.02. The zero-order valence-corrected chi connectivity index (χ0v) is 19.1. The summed E-state index contributed by atoms with van der Waals surface area (Å²) >= 11 is 0. The number of hydrogen-bond acceptors (Lipinski definition) is 1. The van der Waals surface area contributed by atoms with Crippen LogP contribution in [0.2, 0.25) is 0 Å². The van der Waals surface area contributed by atoms with Crippen molar-refractivity contribution in [3.8, 4) is 16.9 Å². The van der Waals surface area contributed by atoms with Crippen molar-refractivity contribution < 1.29 is 8.98 Å². The van der Waals surface area contributed by atoms with E-state index in [9.17, 15) is 0 Å². The molecule has 0 N–H and O–H groups in total. The van der Waals surface area contributed by atoms with Gasteiger partial charge in [-0.15, -0.1) is 0 Å². The SMILES string of the molecule is Cc1cc2c3ccccc3oc2c2c3ccccc3n(-c3ccccc3-c3cccc[n+]3C)c12. The lowest BCUT2D eigenvalue weighted by atomic mass is 10.0. The fraction of sp³-hybridized carbons (Fsp3) is 0.0645. The Labute approximate surface area is 197 Å². The van der Waals surface area contributed by atoms with Gasteiger partial charge in [-0.25, -0.2) is 4.57 Å². The monoisotopic (exact) mass is 439 g/mol. The largest absolute Gasteiger partial charge is 0.455 e. The molecule has 0 radical (unpaired) electrons. The molecule has 0 bridgehead atoms. The molecule has 0 spiro atoms. The molecule has 162 valence electrons. The first-order valence-corrected chi connectivity index (χ1v) is 11.6. The number of aryl methyl sites for hydroxylation is 2. The normalized spacial score (nSPS) is 11.8. The standard InChI is InChI=1S/C31H23N2O/c1-20-19-24-21-11-5-8-17-28(21)34-31(24)29-23-13-4-7-16-27(23)33(30(20)29)26-15-6-3-12-22(26)25-14-9-10-18-32(25)2/h3-19H,1-2H3/q+1. The van der Waals surface area contributed by atoms with Crippen LogP contribution >= 0.6 is 0 Å². The Morgan fingerprint density at radius 2 is 1.47 bits per heavy atom. The van der Waals surface area contributed by atoms with E-state index in [4.69, 9.17) is 4.42 Å². The Morgan fingerprint density at radius 3 is 2.35 bits per heavy atom. The highest BCUT2D eigenvalue weighted by atomic mass is 16.3. The Balaban J connectivity index is 1.69. The topological polar surface area (TPSA) is 21.9 Å². The van der Waals surface area contributed by atoms with Gasteiger partial charge in [-0.05, 0) is 48.9 Å². The molecule has 34 heavy (non-hydrogen) atoms. The Bertz CT molecular complexity index is 1890. The maximum atomic E-state index is 6.49. The number of nitrogens with zero attached hydrogens (tertiary/aromatic N) is 2. The number of rotatable bonds is 2. The first-order chi connectivity index (χ1) is 16.7. The van der Waals surface area contributed by atoms with Crippen LogP contribution in [0, 0.1) is 6.92 Å². The number of furan rings is 1. The molecule has 0 aliphatic heterocycles. The van der Waals surface area contributed by atoms with E-state index < -0.39 is 0 Å². The van der Waals surface area contributed by atoms with Crippen LogP contribution in [0.25, 0.3) is 60.7 Å². The maximum absolute atomic E-state index is 6.49. The van der Waals surface area contributed by atoms with Crippen LogP contribution in [0.1, 0.15) is 5.56 Å². The number of aromatic nitrogens is 2. The molecule has 0 aliphatic rings. The number of pyridine rings is 1. The molecule has 3 nitrogen and oxygen atoms in total. The summed E-state index contributed by atoms with van der Waals surface area (Å²) in [6.07, 6.45) is 2.10. The van der Waals surface area contributed by atoms with E-state index in [1.165, 1.54) is 44.0 Å². The van der Waals surface area contributed by atoms with Crippen molar-refractivity contribution in [1.29, 1.82) is 0 Å². The van der Waals surface area contributed by atoms with Crippen molar-refractivity contribution >= 4 is 43.7 Å². The molecule has 0 aliphatic carbocycles. The average Bonchev–Trinajstić information content (AvgIpc) is 3.41. The minimum atomic E-state index is 0.929. The molecular weight excluding hydrogens is 416 g/mol. The molecule has 0 saturated carbocycles. The smallest absolute Gasteiger partial charge is 0.214 e. The highest BCUT2D eigenvalue weighted by Crippen LogP contribution is 2.43. The van der Waals surface area contributed by atoms with E-state index >= 15 is 0 Å². The lowest BCUT2D eigenvalue weighted by Crippen LogP contribution is -2.30. The maximum Gasteiger partial charge on any atom is 0.214 e. The van der Waals surface area contributed by atoms with Gasteiger partial charge in [0.25, 0.3) is 0 Å². The van der Waals surface area contributed by atoms with Gasteiger partial charge in [0.15, 0.2) is 6.20 Å². The third kappa shape index (κ3) is 2.55. The van der Waals surface area contributed by atoms with Gasteiger partial charge in [0.2, 0.25) is 5.69 Å². The minimum Gasteiger partial charge on any atom is -0.455 e. The van der Waals surface area contributed by atoms with Gasteiger partial charge in [-0.2, -0.15) is 0 Å². The van der Waals surface area contributed by atoms with E-state index in [0.29, 0.717) is 0 Å². The van der Waals surface area contributed by atoms with Gasteiger partial charge in [0.05, 0.1) is 27.7 Å². The number of benzene rings is 4. The Morgan fingerprint density at radius 1 is 0.735 bits per heavy atom. The van der Waals surface area contributed by atoms with Gasteiger partial charge in [0, 0.05) is 28.3 Å². The minimum absolute atomic E-state index is 0.929. The first-order valence-electron chi connectivity index (χ1n) is 11.6. The highest BCUT2D eigenvalue weighted by molar-refractivity contribution is 6.24. The van der Waals surface area contributed by atoms with Crippen LogP contribution in [0.5, 0.6) is 0 Å². The summed E-state index contributed by atoms with van der Waals surface area (Å²) in [6, 6.07) is 34.3. The fourth-order valence-corrected chi connectivity index (χ4v) is 5.46. The molecule has 0 saturated heterocycles. The number of hydrogen-bond donors (Lipinski definition) is 0. The summed E-state index contributed by atoms with van der Waals surface area (Å²) < 4.78 is 11.1. The van der Waals surface area contributed by atoms with Crippen LogP contribution in [0.15, 0.2) is 108 Å². The molecule has 0 amide bonds. The fourth-order valence-electron chi connectivity index (χ4n) is 5.46. The lowest BCUT2D eigenvalue weighted by Gasteiger charge is -2.13. The highest BCUT2D eigenvalue weighted by Gasteiger charge is 2.23. The molecule has 3 heterocycles. The van der Waals surface area contributed by atoms with E-state index in [-0.39, 0.29) is 0 Å². The molecule has 3 aromatic heterocycles. The van der Waals surface area contributed by atoms with Crippen LogP contribution in [0.4, 0.5) is 0 Å². The van der Waals surface area contributed by atoms with Crippen molar-refractivity contribution in [1.82, 2.24) is 4.57 Å². The third-order valence-corrected chi connectivity index (χ3v) is 6.95. The zero-order chi connectivity index (χ0) is 22.8.